The van der Waals surface area contributed by atoms with Crippen LogP contribution in [0, 0.1) is 11.8 Å². The highest BCUT2D eigenvalue weighted by atomic mass is 35.5. The van der Waals surface area contributed by atoms with Gasteiger partial charge < -0.3 is 24.8 Å². The van der Waals surface area contributed by atoms with Crippen molar-refractivity contribution in [3.8, 4) is 5.88 Å². The van der Waals surface area contributed by atoms with Crippen LogP contribution < -0.4 is 10.1 Å². The lowest BCUT2D eigenvalue weighted by Gasteiger charge is -2.27. The topological polar surface area (TPSA) is 101 Å². The summed E-state index contributed by atoms with van der Waals surface area (Å²) in [6, 6.07) is 12.8. The molecule has 1 aromatic heterocycles. The third-order valence-corrected chi connectivity index (χ3v) is 5.96. The van der Waals surface area contributed by atoms with E-state index >= 15 is 0 Å². The molecule has 0 radical (unpaired) electrons. The summed E-state index contributed by atoms with van der Waals surface area (Å²) in [6.07, 6.45) is -1.52. The smallest absolute Gasteiger partial charge is 0.408 e. The maximum atomic E-state index is 12.3. The fourth-order valence-corrected chi connectivity index (χ4v) is 4.12. The van der Waals surface area contributed by atoms with Crippen LogP contribution >= 0.6 is 11.6 Å². The minimum atomic E-state index is -0.902. The Labute approximate surface area is 185 Å². The molecule has 2 aromatic rings. The molecule has 1 saturated carbocycles. The highest BCUT2D eigenvalue weighted by molar-refractivity contribution is 6.29. The molecular formula is C22H24ClN3O5. The number of fused-ring (bicyclic) bond motifs is 1. The zero-order valence-electron chi connectivity index (χ0n) is 17.2. The lowest BCUT2D eigenvalue weighted by molar-refractivity contribution is 0.129. The van der Waals surface area contributed by atoms with E-state index in [0.717, 1.165) is 11.1 Å². The van der Waals surface area contributed by atoms with Crippen molar-refractivity contribution in [3.05, 3.63) is 58.7 Å². The number of carboxylic acid groups (broad SMARTS) is 1. The number of halogens is 1. The minimum Gasteiger partial charge on any atom is -0.474 e. The lowest BCUT2D eigenvalue weighted by Crippen LogP contribution is -2.41. The molecule has 3 atom stereocenters. The standard InChI is InChI=1S/C22H24ClN3O5/c1-22(2,25-20(27)30-12-13-6-4-3-5-7-13)14-8-17(23)24-18(9-14)31-19-15-10-26(21(28)29)11-16(15)19/h3-9,15-16,19H,10-12H2,1-2H3,(H,25,27)(H,28,29)/t15-,16+,19-. The molecule has 0 unspecified atom stereocenters. The van der Waals surface area contributed by atoms with Crippen molar-refractivity contribution >= 4 is 23.8 Å². The minimum absolute atomic E-state index is 0.0682. The van der Waals surface area contributed by atoms with Crippen LogP contribution in [0.15, 0.2) is 42.5 Å². The van der Waals surface area contributed by atoms with Crippen molar-refractivity contribution in [1.82, 2.24) is 15.2 Å². The van der Waals surface area contributed by atoms with E-state index in [1.807, 2.05) is 44.2 Å². The Balaban J connectivity index is 1.37. The summed E-state index contributed by atoms with van der Waals surface area (Å²) >= 11 is 6.20. The Hall–Kier alpha value is -3.00. The highest BCUT2D eigenvalue weighted by Gasteiger charge is 2.59. The number of pyridine rings is 1. The molecule has 2 N–H and O–H groups in total. The molecular weight excluding hydrogens is 422 g/mol. The van der Waals surface area contributed by atoms with Crippen molar-refractivity contribution in [2.75, 3.05) is 13.1 Å². The normalized spacial score (nSPS) is 21.9. The molecule has 1 aliphatic heterocycles. The fourth-order valence-electron chi connectivity index (χ4n) is 3.92. The van der Waals surface area contributed by atoms with Gasteiger partial charge in [0.25, 0.3) is 0 Å². The number of nitrogens with zero attached hydrogens (tertiary/aromatic N) is 2. The number of likely N-dealkylation sites (tertiary alicyclic amines) is 1. The van der Waals surface area contributed by atoms with Crippen LogP contribution in [-0.4, -0.2) is 46.4 Å². The number of benzene rings is 1. The van der Waals surface area contributed by atoms with Gasteiger partial charge in [-0.1, -0.05) is 41.9 Å². The van der Waals surface area contributed by atoms with Gasteiger partial charge in [-0.3, -0.25) is 0 Å². The fraction of sp³-hybridized carbons (Fsp3) is 0.409. The molecule has 2 fully saturated rings. The summed E-state index contributed by atoms with van der Waals surface area (Å²) < 4.78 is 11.3. The summed E-state index contributed by atoms with van der Waals surface area (Å²) in [7, 11) is 0. The second kappa shape index (κ2) is 8.26. The largest absolute Gasteiger partial charge is 0.474 e. The Morgan fingerprint density at radius 3 is 2.55 bits per heavy atom. The number of alkyl carbamates (subject to hydrolysis) is 1. The first-order valence-electron chi connectivity index (χ1n) is 10.0. The number of ether oxygens (including phenoxy) is 2. The van der Waals surface area contributed by atoms with Crippen molar-refractivity contribution < 1.29 is 24.2 Å². The molecule has 164 valence electrons. The molecule has 8 nitrogen and oxygen atoms in total. The van der Waals surface area contributed by atoms with Gasteiger partial charge in [0.05, 0.1) is 5.54 Å². The van der Waals surface area contributed by atoms with Gasteiger partial charge in [-0.05, 0) is 31.0 Å². The molecule has 2 amide bonds. The van der Waals surface area contributed by atoms with Gasteiger partial charge in [0, 0.05) is 31.0 Å². The van der Waals surface area contributed by atoms with Crippen molar-refractivity contribution in [2.45, 2.75) is 32.1 Å². The SMILES string of the molecule is CC(C)(NC(=O)OCc1ccccc1)c1cc(Cl)nc(O[C@@H]2[C@@H]3CN(C(=O)O)C[C@@H]32)c1. The maximum Gasteiger partial charge on any atom is 0.408 e. The summed E-state index contributed by atoms with van der Waals surface area (Å²) in [6.45, 7) is 4.79. The van der Waals surface area contributed by atoms with Crippen LogP contribution in [0.1, 0.15) is 25.0 Å². The number of carbonyl (C=O) groups excluding carboxylic acids is 1. The quantitative estimate of drug-likeness (QED) is 0.654. The highest BCUT2D eigenvalue weighted by Crippen LogP contribution is 2.48. The van der Waals surface area contributed by atoms with E-state index in [1.165, 1.54) is 4.90 Å². The van der Waals surface area contributed by atoms with Crippen LogP contribution in [-0.2, 0) is 16.9 Å². The number of nitrogens with one attached hydrogen (secondary N) is 1. The first-order valence-corrected chi connectivity index (χ1v) is 10.4. The molecule has 0 bridgehead atoms. The first kappa shape index (κ1) is 21.2. The molecule has 2 heterocycles. The van der Waals surface area contributed by atoms with Crippen LogP contribution in [0.2, 0.25) is 5.15 Å². The van der Waals surface area contributed by atoms with E-state index in [2.05, 4.69) is 10.3 Å². The van der Waals surface area contributed by atoms with E-state index in [0.29, 0.717) is 19.0 Å². The van der Waals surface area contributed by atoms with Gasteiger partial charge in [0.2, 0.25) is 5.88 Å². The van der Waals surface area contributed by atoms with Gasteiger partial charge in [-0.15, -0.1) is 0 Å². The monoisotopic (exact) mass is 445 g/mol. The second-order valence-electron chi connectivity index (χ2n) is 8.43. The number of hydrogen-bond acceptors (Lipinski definition) is 5. The summed E-state index contributed by atoms with van der Waals surface area (Å²) in [5.74, 6) is 0.718. The van der Waals surface area contributed by atoms with Crippen molar-refractivity contribution in [1.29, 1.82) is 0 Å². The van der Waals surface area contributed by atoms with Crippen LogP contribution in [0.4, 0.5) is 9.59 Å². The van der Waals surface area contributed by atoms with Crippen LogP contribution in [0.25, 0.3) is 0 Å². The average molecular weight is 446 g/mol. The van der Waals surface area contributed by atoms with E-state index < -0.39 is 17.7 Å². The predicted octanol–water partition coefficient (Wildman–Crippen LogP) is 3.88. The molecule has 9 heteroatoms. The third-order valence-electron chi connectivity index (χ3n) is 5.76. The molecule has 1 aliphatic carbocycles. The number of rotatable bonds is 6. The lowest BCUT2D eigenvalue weighted by atomic mass is 9.95. The summed E-state index contributed by atoms with van der Waals surface area (Å²) in [4.78, 5) is 29.0. The first-order chi connectivity index (χ1) is 14.7. The van der Waals surface area contributed by atoms with Gasteiger partial charge in [0.1, 0.15) is 17.9 Å². The van der Waals surface area contributed by atoms with Gasteiger partial charge >= 0.3 is 12.2 Å². The van der Waals surface area contributed by atoms with Gasteiger partial charge in [-0.25, -0.2) is 14.6 Å². The number of amides is 2. The molecule has 1 aromatic carbocycles. The Bertz CT molecular complexity index is 972. The van der Waals surface area contributed by atoms with Crippen LogP contribution in [0.5, 0.6) is 5.88 Å². The number of aromatic nitrogens is 1. The molecule has 31 heavy (non-hydrogen) atoms. The van der Waals surface area contributed by atoms with E-state index in [-0.39, 0.29) is 29.7 Å². The Morgan fingerprint density at radius 1 is 1.23 bits per heavy atom. The molecule has 2 aliphatic rings. The number of carbonyl (C=O) groups is 2. The van der Waals surface area contributed by atoms with E-state index in [9.17, 15) is 9.59 Å². The Morgan fingerprint density at radius 2 is 1.90 bits per heavy atom. The number of hydrogen-bond donors (Lipinski definition) is 2. The Kier molecular flexibility index (Phi) is 5.66. The second-order valence-corrected chi connectivity index (χ2v) is 8.81. The summed E-state index contributed by atoms with van der Waals surface area (Å²) in [5, 5.41) is 12.2. The van der Waals surface area contributed by atoms with E-state index in [1.54, 1.807) is 12.1 Å². The zero-order chi connectivity index (χ0) is 22.2. The van der Waals surface area contributed by atoms with E-state index in [4.69, 9.17) is 26.2 Å². The number of piperidine rings is 1. The zero-order valence-corrected chi connectivity index (χ0v) is 18.0. The summed E-state index contributed by atoms with van der Waals surface area (Å²) in [5.41, 5.74) is 0.838. The molecule has 1 saturated heterocycles. The maximum absolute atomic E-state index is 12.3. The third kappa shape index (κ3) is 4.85. The van der Waals surface area contributed by atoms with Gasteiger partial charge in [-0.2, -0.15) is 0 Å². The molecule has 4 rings (SSSR count). The van der Waals surface area contributed by atoms with Gasteiger partial charge in [0.15, 0.2) is 0 Å². The van der Waals surface area contributed by atoms with Crippen molar-refractivity contribution in [3.63, 3.8) is 0 Å². The van der Waals surface area contributed by atoms with Crippen molar-refractivity contribution in [2.24, 2.45) is 11.8 Å². The average Bonchev–Trinajstić information content (AvgIpc) is 3.14. The van der Waals surface area contributed by atoms with Crippen LogP contribution in [0.3, 0.4) is 0 Å². The molecule has 0 spiro atoms. The predicted molar refractivity (Wildman–Crippen MR) is 113 cm³/mol.